The van der Waals surface area contributed by atoms with Gasteiger partial charge in [-0.3, -0.25) is 14.6 Å². The number of aromatic nitrogens is 2. The number of ether oxygens (including phenoxy) is 4. The second kappa shape index (κ2) is 20.9. The number of alkyl halides is 1. The molecule has 0 radical (unpaired) electrons. The van der Waals surface area contributed by atoms with Gasteiger partial charge in [-0.05, 0) is 67.6 Å². The third kappa shape index (κ3) is 14.2. The number of nitrogens with one attached hydrogen (secondary N) is 1. The molecule has 47 heavy (non-hydrogen) atoms. The summed E-state index contributed by atoms with van der Waals surface area (Å²) in [5, 5.41) is 28.0. The average Bonchev–Trinajstić information content (AvgIpc) is 3.93. The molecule has 3 saturated carbocycles. The standard InChI is InChI=1S/C12H16O3.C11H15NO3.C7H9NO3.C4H7Br.CH4/c1-15-12-6-9(4-8-2-3-8)10(7-13)5-11(12)14;1-14-11-5-12-9(6-13)4-10(11)15-7-8-2-3-8;1-11-7-3-8-5(4-9)2-6(7)10;5-3-4-1-2-4;/h5-6,8-9,13H,2-4,7H2,1H3;4-5,8,13H,2-3,6-7H2,1H3;2-3,9H,4H2,1H3,(H,8,10);4H,1-3H2;1H4. The summed E-state index contributed by atoms with van der Waals surface area (Å²) in [6.07, 6.45) is 15.4. The minimum absolute atomic E-state index is 0. The van der Waals surface area contributed by atoms with E-state index in [1.165, 1.54) is 76.4 Å². The van der Waals surface area contributed by atoms with E-state index < -0.39 is 0 Å². The number of pyridine rings is 2. The van der Waals surface area contributed by atoms with Gasteiger partial charge in [-0.15, -0.1) is 0 Å². The first-order valence-corrected chi connectivity index (χ1v) is 16.7. The Labute approximate surface area is 286 Å². The molecule has 12 heteroatoms. The van der Waals surface area contributed by atoms with Crippen molar-refractivity contribution in [1.29, 1.82) is 0 Å². The summed E-state index contributed by atoms with van der Waals surface area (Å²) in [6, 6.07) is 3.03. The van der Waals surface area contributed by atoms with Crippen molar-refractivity contribution in [3.05, 3.63) is 69.6 Å². The topological polar surface area (TPSA) is 160 Å². The number of aliphatic hydroxyl groups excluding tert-OH is 3. The van der Waals surface area contributed by atoms with Gasteiger partial charge < -0.3 is 39.3 Å². The molecule has 2 heterocycles. The zero-order valence-corrected chi connectivity index (χ0v) is 28.5. The highest BCUT2D eigenvalue weighted by Gasteiger charge is 2.29. The first kappa shape index (κ1) is 40.0. The molecule has 0 bridgehead atoms. The first-order chi connectivity index (χ1) is 22.3. The molecule has 0 spiro atoms. The summed E-state index contributed by atoms with van der Waals surface area (Å²) >= 11 is 3.38. The number of rotatable bonds is 12. The van der Waals surface area contributed by atoms with Crippen LogP contribution < -0.4 is 19.6 Å². The summed E-state index contributed by atoms with van der Waals surface area (Å²) in [5.41, 5.74) is 1.68. The molecule has 0 amide bonds. The molecule has 4 aliphatic carbocycles. The van der Waals surface area contributed by atoms with Gasteiger partial charge in [0, 0.05) is 35.3 Å². The van der Waals surface area contributed by atoms with Crippen molar-refractivity contribution in [2.24, 2.45) is 23.7 Å². The van der Waals surface area contributed by atoms with E-state index in [0.29, 0.717) is 34.6 Å². The van der Waals surface area contributed by atoms with Crippen LogP contribution in [-0.4, -0.2) is 70.9 Å². The summed E-state index contributed by atoms with van der Waals surface area (Å²) in [4.78, 5) is 29.2. The van der Waals surface area contributed by atoms with Crippen molar-refractivity contribution in [2.45, 2.75) is 65.6 Å². The number of hydrogen-bond acceptors (Lipinski definition) is 10. The molecule has 6 rings (SSSR count). The number of hydrogen-bond donors (Lipinski definition) is 4. The number of halogens is 1. The van der Waals surface area contributed by atoms with Crippen LogP contribution in [0.1, 0.15) is 63.8 Å². The number of carbonyl (C=O) groups excluding carboxylic acids is 1. The lowest BCUT2D eigenvalue weighted by Gasteiger charge is -2.20. The Kier molecular flexibility index (Phi) is 17.8. The normalized spacial score (nSPS) is 17.9. The second-order valence-electron chi connectivity index (χ2n) is 11.6. The third-order valence-corrected chi connectivity index (χ3v) is 8.67. The van der Waals surface area contributed by atoms with Gasteiger partial charge in [0.05, 0.1) is 59.6 Å². The van der Waals surface area contributed by atoms with Crippen LogP contribution in [0.3, 0.4) is 0 Å². The van der Waals surface area contributed by atoms with Gasteiger partial charge in [0.2, 0.25) is 11.2 Å². The molecule has 1 atom stereocenters. The predicted octanol–water partition coefficient (Wildman–Crippen LogP) is 5.11. The lowest BCUT2D eigenvalue weighted by Crippen LogP contribution is -2.17. The minimum Gasteiger partial charge on any atom is -0.493 e. The van der Waals surface area contributed by atoms with Gasteiger partial charge in [-0.25, -0.2) is 0 Å². The number of H-pyrrole nitrogens is 1. The number of aromatic amines is 1. The van der Waals surface area contributed by atoms with Crippen molar-refractivity contribution >= 4 is 21.7 Å². The predicted molar refractivity (Wildman–Crippen MR) is 184 cm³/mol. The number of ketones is 1. The van der Waals surface area contributed by atoms with Crippen molar-refractivity contribution < 1.29 is 39.1 Å². The highest BCUT2D eigenvalue weighted by atomic mass is 79.9. The first-order valence-electron chi connectivity index (χ1n) is 15.6. The molecule has 262 valence electrons. The molecule has 4 aliphatic rings. The van der Waals surface area contributed by atoms with Crippen molar-refractivity contribution in [1.82, 2.24) is 9.97 Å². The van der Waals surface area contributed by atoms with E-state index >= 15 is 0 Å². The minimum atomic E-state index is -0.227. The molecule has 0 aromatic carbocycles. The molecular formula is C35H51BrN2O9. The fourth-order valence-corrected chi connectivity index (χ4v) is 4.96. The van der Waals surface area contributed by atoms with E-state index in [4.69, 9.17) is 29.2 Å². The van der Waals surface area contributed by atoms with Crippen molar-refractivity contribution in [2.75, 3.05) is 39.9 Å². The van der Waals surface area contributed by atoms with Crippen molar-refractivity contribution in [3.63, 3.8) is 0 Å². The van der Waals surface area contributed by atoms with E-state index in [1.807, 2.05) is 6.08 Å². The maximum atomic E-state index is 11.5. The molecule has 4 N–H and O–H groups in total. The van der Waals surface area contributed by atoms with Crippen LogP contribution in [0.5, 0.6) is 17.2 Å². The molecule has 11 nitrogen and oxygen atoms in total. The quantitative estimate of drug-likeness (QED) is 0.217. The van der Waals surface area contributed by atoms with Crippen LogP contribution in [-0.2, 0) is 22.7 Å². The maximum Gasteiger partial charge on any atom is 0.223 e. The zero-order valence-electron chi connectivity index (χ0n) is 26.9. The molecule has 2 aromatic heterocycles. The van der Waals surface area contributed by atoms with E-state index in [9.17, 15) is 14.7 Å². The molecule has 3 fully saturated rings. The number of allylic oxidation sites excluding steroid dienone is 2. The zero-order chi connectivity index (χ0) is 33.5. The van der Waals surface area contributed by atoms with Gasteiger partial charge >= 0.3 is 0 Å². The van der Waals surface area contributed by atoms with E-state index in [1.54, 1.807) is 19.4 Å². The van der Waals surface area contributed by atoms with E-state index in [0.717, 1.165) is 30.4 Å². The van der Waals surface area contributed by atoms with Crippen LogP contribution in [0.25, 0.3) is 0 Å². The fourth-order valence-electron chi connectivity index (χ4n) is 4.32. The Morgan fingerprint density at radius 1 is 0.851 bits per heavy atom. The van der Waals surface area contributed by atoms with Crippen LogP contribution >= 0.6 is 15.9 Å². The summed E-state index contributed by atoms with van der Waals surface area (Å²) < 4.78 is 20.5. The molecule has 0 saturated heterocycles. The van der Waals surface area contributed by atoms with Crippen molar-refractivity contribution in [3.8, 4) is 17.2 Å². The fraction of sp³-hybridized carbons (Fsp3) is 0.571. The monoisotopic (exact) mass is 722 g/mol. The number of nitrogens with zero attached hydrogens (tertiary/aromatic N) is 1. The third-order valence-electron chi connectivity index (χ3n) is 7.76. The van der Waals surface area contributed by atoms with Crippen LogP contribution in [0.2, 0.25) is 0 Å². The van der Waals surface area contributed by atoms with Gasteiger partial charge in [-0.1, -0.05) is 36.2 Å². The van der Waals surface area contributed by atoms with Gasteiger partial charge in [-0.2, -0.15) is 0 Å². The SMILES string of the molecule is BrCC1CC1.C.COC1=CC(CC2CC2)C(CO)=CC1=O.COc1c[nH]c(CO)cc1=O.COc1cnc(CO)cc1OCC1CC1. The number of carbonyl (C=O) groups is 1. The van der Waals surface area contributed by atoms with Crippen LogP contribution in [0.15, 0.2) is 52.8 Å². The summed E-state index contributed by atoms with van der Waals surface area (Å²) in [5.74, 6) is 4.53. The lowest BCUT2D eigenvalue weighted by atomic mass is 9.88. The molecule has 0 aliphatic heterocycles. The van der Waals surface area contributed by atoms with E-state index in [-0.39, 0.29) is 50.1 Å². The molecule has 1 unspecified atom stereocenters. The largest absolute Gasteiger partial charge is 0.493 e. The Morgan fingerprint density at radius 3 is 1.98 bits per heavy atom. The lowest BCUT2D eigenvalue weighted by molar-refractivity contribution is -0.114. The second-order valence-corrected chi connectivity index (χ2v) is 12.3. The molecular weight excluding hydrogens is 672 g/mol. The van der Waals surface area contributed by atoms with Crippen LogP contribution in [0, 0.1) is 23.7 Å². The smallest absolute Gasteiger partial charge is 0.223 e. The Hall–Kier alpha value is -3.19. The highest BCUT2D eigenvalue weighted by Crippen LogP contribution is 2.39. The van der Waals surface area contributed by atoms with Crippen LogP contribution in [0.4, 0.5) is 0 Å². The highest BCUT2D eigenvalue weighted by molar-refractivity contribution is 9.09. The maximum absolute atomic E-state index is 11.5. The Bertz CT molecular complexity index is 1370. The summed E-state index contributed by atoms with van der Waals surface area (Å²) in [7, 11) is 4.51. The average molecular weight is 724 g/mol. The van der Waals surface area contributed by atoms with Gasteiger partial charge in [0.15, 0.2) is 23.0 Å². The van der Waals surface area contributed by atoms with Gasteiger partial charge in [0.1, 0.15) is 0 Å². The van der Waals surface area contributed by atoms with Gasteiger partial charge in [0.25, 0.3) is 0 Å². The molecule has 2 aromatic rings. The Balaban J connectivity index is 0.000000228. The summed E-state index contributed by atoms with van der Waals surface area (Å²) in [6.45, 7) is 0.449. The number of aliphatic hydroxyl groups is 3. The van der Waals surface area contributed by atoms with E-state index in [2.05, 4.69) is 25.9 Å². The Morgan fingerprint density at radius 2 is 1.51 bits per heavy atom. The number of methoxy groups -OCH3 is 3.